The number of hydrogen-bond donors (Lipinski definition) is 3. The van der Waals surface area contributed by atoms with E-state index < -0.39 is 0 Å². The largest absolute Gasteiger partial charge is 0.325 e. The van der Waals surface area contributed by atoms with E-state index in [1.165, 1.54) is 6.08 Å². The average Bonchev–Trinajstić information content (AvgIpc) is 3.22. The lowest BCUT2D eigenvalue weighted by atomic mass is 10.2. The number of imidazole rings is 1. The molecule has 0 spiro atoms. The Bertz CT molecular complexity index is 1460. The van der Waals surface area contributed by atoms with Crippen LogP contribution < -0.4 is 16.0 Å². The van der Waals surface area contributed by atoms with E-state index in [-0.39, 0.29) is 5.91 Å². The van der Waals surface area contributed by atoms with Crippen molar-refractivity contribution >= 4 is 46.0 Å². The Hall–Kier alpha value is -4.98. The molecule has 34 heavy (non-hydrogen) atoms. The highest BCUT2D eigenvalue weighted by atomic mass is 16.1. The molecule has 0 aliphatic heterocycles. The third-order valence-electron chi connectivity index (χ3n) is 5.02. The van der Waals surface area contributed by atoms with Gasteiger partial charge < -0.3 is 16.0 Å². The van der Waals surface area contributed by atoms with Crippen molar-refractivity contribution in [1.82, 2.24) is 19.5 Å². The Labute approximate surface area is 196 Å². The smallest absolute Gasteiger partial charge is 0.247 e. The topological polar surface area (TPSA) is 96.8 Å². The fourth-order valence-corrected chi connectivity index (χ4v) is 3.48. The van der Waals surface area contributed by atoms with Crippen molar-refractivity contribution in [2.75, 3.05) is 16.0 Å². The molecule has 3 aromatic carbocycles. The minimum Gasteiger partial charge on any atom is -0.325 e. The van der Waals surface area contributed by atoms with Gasteiger partial charge in [-0.1, -0.05) is 49.0 Å². The molecule has 0 atom stereocenters. The third kappa shape index (κ3) is 4.46. The second kappa shape index (κ2) is 9.25. The molecule has 0 bridgehead atoms. The molecule has 8 heteroatoms. The van der Waals surface area contributed by atoms with Crippen LogP contribution in [0.5, 0.6) is 0 Å². The number of benzene rings is 3. The molecule has 0 radical (unpaired) electrons. The number of rotatable bonds is 7. The molecule has 5 rings (SSSR count). The lowest BCUT2D eigenvalue weighted by Crippen LogP contribution is -2.08. The van der Waals surface area contributed by atoms with Crippen LogP contribution in [0.2, 0.25) is 0 Å². The van der Waals surface area contributed by atoms with E-state index in [0.717, 1.165) is 17.1 Å². The van der Waals surface area contributed by atoms with Gasteiger partial charge in [-0.3, -0.25) is 9.36 Å². The second-order valence-corrected chi connectivity index (χ2v) is 7.40. The van der Waals surface area contributed by atoms with Crippen LogP contribution in [0.15, 0.2) is 104 Å². The van der Waals surface area contributed by atoms with Gasteiger partial charge in [0.1, 0.15) is 5.52 Å². The number of hydrogen-bond acceptors (Lipinski definition) is 6. The van der Waals surface area contributed by atoms with Gasteiger partial charge in [-0.05, 0) is 48.5 Å². The molecule has 0 aliphatic rings. The molecule has 3 N–H and O–H groups in total. The van der Waals surface area contributed by atoms with Gasteiger partial charge in [-0.15, -0.1) is 0 Å². The van der Waals surface area contributed by atoms with Gasteiger partial charge in [0.2, 0.25) is 17.8 Å². The maximum absolute atomic E-state index is 11.8. The van der Waals surface area contributed by atoms with Crippen LogP contribution in [0.3, 0.4) is 0 Å². The number of anilines is 5. The summed E-state index contributed by atoms with van der Waals surface area (Å²) in [6, 6.07) is 26.9. The maximum Gasteiger partial charge on any atom is 0.247 e. The van der Waals surface area contributed by atoms with E-state index in [9.17, 15) is 4.79 Å². The average molecular weight is 448 g/mol. The lowest BCUT2D eigenvalue weighted by molar-refractivity contribution is -0.111. The molecule has 0 saturated heterocycles. The Kier molecular flexibility index (Phi) is 5.69. The van der Waals surface area contributed by atoms with Crippen molar-refractivity contribution in [3.63, 3.8) is 0 Å². The van der Waals surface area contributed by atoms with E-state index in [2.05, 4.69) is 27.5 Å². The number of nitrogens with one attached hydrogen (secondary N) is 3. The Morgan fingerprint density at radius 2 is 1.50 bits per heavy atom. The van der Waals surface area contributed by atoms with Gasteiger partial charge >= 0.3 is 0 Å². The summed E-state index contributed by atoms with van der Waals surface area (Å²) in [5, 5.41) is 9.39. The van der Waals surface area contributed by atoms with E-state index in [4.69, 9.17) is 9.97 Å². The van der Waals surface area contributed by atoms with Crippen molar-refractivity contribution in [2.45, 2.75) is 0 Å². The van der Waals surface area contributed by atoms with Crippen molar-refractivity contribution in [1.29, 1.82) is 0 Å². The summed E-state index contributed by atoms with van der Waals surface area (Å²) in [7, 11) is 0. The molecule has 166 valence electrons. The molecule has 1 amide bonds. The number of fused-ring (bicyclic) bond motifs is 1. The van der Waals surface area contributed by atoms with E-state index in [0.29, 0.717) is 28.7 Å². The zero-order valence-corrected chi connectivity index (χ0v) is 18.1. The Morgan fingerprint density at radius 1 is 0.824 bits per heavy atom. The van der Waals surface area contributed by atoms with Gasteiger partial charge in [0, 0.05) is 17.1 Å². The number of para-hydroxylation sites is 2. The molecule has 2 heterocycles. The second-order valence-electron chi connectivity index (χ2n) is 7.40. The number of amides is 1. The Balaban J connectivity index is 1.62. The van der Waals surface area contributed by atoms with Gasteiger partial charge in [-0.2, -0.15) is 4.98 Å². The first-order valence-electron chi connectivity index (χ1n) is 10.6. The van der Waals surface area contributed by atoms with Gasteiger partial charge in [0.15, 0.2) is 5.65 Å². The molecule has 0 saturated carbocycles. The van der Waals surface area contributed by atoms with E-state index >= 15 is 0 Å². The monoisotopic (exact) mass is 447 g/mol. The predicted molar refractivity (Wildman–Crippen MR) is 135 cm³/mol. The third-order valence-corrected chi connectivity index (χ3v) is 5.02. The molecule has 0 unspecified atom stereocenters. The molecule has 2 aromatic heterocycles. The highest BCUT2D eigenvalue weighted by Gasteiger charge is 2.16. The molecular weight excluding hydrogens is 426 g/mol. The van der Waals surface area contributed by atoms with Crippen LogP contribution in [0.4, 0.5) is 29.0 Å². The first-order valence-corrected chi connectivity index (χ1v) is 10.6. The van der Waals surface area contributed by atoms with Crippen molar-refractivity contribution in [3.8, 4) is 5.69 Å². The molecule has 0 fully saturated rings. The highest BCUT2D eigenvalue weighted by molar-refractivity contribution is 5.99. The standard InChI is InChI=1S/C26H21N7O/c1-2-23(34)28-20-14-9-15-21(16-20)33-24-22(31-26(33)30-19-12-7-4-8-13-19)17-27-25(32-24)29-18-10-5-3-6-11-18/h2-17H,1H2,(H,28,34)(H,30,31)(H,27,29,32). The van der Waals surface area contributed by atoms with Crippen LogP contribution in [0, 0.1) is 0 Å². The van der Waals surface area contributed by atoms with Crippen LogP contribution in [0.1, 0.15) is 0 Å². The van der Waals surface area contributed by atoms with Gasteiger partial charge in [0.25, 0.3) is 0 Å². The van der Waals surface area contributed by atoms with Gasteiger partial charge in [0.05, 0.1) is 11.9 Å². The fourth-order valence-electron chi connectivity index (χ4n) is 3.48. The van der Waals surface area contributed by atoms with E-state index in [1.54, 1.807) is 6.20 Å². The molecule has 8 nitrogen and oxygen atoms in total. The summed E-state index contributed by atoms with van der Waals surface area (Å²) in [4.78, 5) is 25.7. The van der Waals surface area contributed by atoms with Crippen molar-refractivity contribution in [2.24, 2.45) is 0 Å². The summed E-state index contributed by atoms with van der Waals surface area (Å²) in [6.07, 6.45) is 2.92. The van der Waals surface area contributed by atoms with Crippen molar-refractivity contribution in [3.05, 3.63) is 104 Å². The minimum atomic E-state index is -0.285. The summed E-state index contributed by atoms with van der Waals surface area (Å²) < 4.78 is 1.89. The number of carbonyl (C=O) groups excluding carboxylic acids is 1. The minimum absolute atomic E-state index is 0.285. The first kappa shape index (κ1) is 20.9. The van der Waals surface area contributed by atoms with Crippen LogP contribution >= 0.6 is 0 Å². The zero-order chi connectivity index (χ0) is 23.3. The fraction of sp³-hybridized carbons (Fsp3) is 0. The Morgan fingerprint density at radius 3 is 2.21 bits per heavy atom. The van der Waals surface area contributed by atoms with Crippen LogP contribution in [-0.2, 0) is 4.79 Å². The number of aromatic nitrogens is 4. The normalized spacial score (nSPS) is 10.6. The summed E-state index contributed by atoms with van der Waals surface area (Å²) in [6.45, 7) is 3.51. The quantitative estimate of drug-likeness (QED) is 0.288. The van der Waals surface area contributed by atoms with Crippen molar-refractivity contribution < 1.29 is 4.79 Å². The predicted octanol–water partition coefficient (Wildman–Crippen LogP) is 5.43. The SMILES string of the molecule is C=CC(=O)Nc1cccc(-n2c(Nc3ccccc3)nc3cnc(Nc4ccccc4)nc32)c1. The first-order chi connectivity index (χ1) is 16.7. The van der Waals surface area contributed by atoms with Gasteiger partial charge in [-0.25, -0.2) is 9.97 Å². The highest BCUT2D eigenvalue weighted by Crippen LogP contribution is 2.28. The zero-order valence-electron chi connectivity index (χ0n) is 18.1. The van der Waals surface area contributed by atoms with Crippen LogP contribution in [-0.4, -0.2) is 25.4 Å². The molecular formula is C26H21N7O. The maximum atomic E-state index is 11.8. The number of carbonyl (C=O) groups is 1. The summed E-state index contributed by atoms with van der Waals surface area (Å²) in [5.41, 5.74) is 4.39. The summed E-state index contributed by atoms with van der Waals surface area (Å²) in [5.74, 6) is 0.730. The summed E-state index contributed by atoms with van der Waals surface area (Å²) >= 11 is 0. The number of nitrogens with zero attached hydrogens (tertiary/aromatic N) is 4. The molecule has 5 aromatic rings. The van der Waals surface area contributed by atoms with E-state index in [1.807, 2.05) is 89.5 Å². The molecule has 0 aliphatic carbocycles. The van der Waals surface area contributed by atoms with Crippen LogP contribution in [0.25, 0.3) is 16.9 Å². The lowest BCUT2D eigenvalue weighted by Gasteiger charge is -2.12.